The lowest BCUT2D eigenvalue weighted by Crippen LogP contribution is -2.43. The second-order valence-electron chi connectivity index (χ2n) is 7.13. The molecule has 31 heavy (non-hydrogen) atoms. The number of halogens is 2. The number of sulfonamides is 1. The molecular weight excluding hydrogens is 447 g/mol. The minimum absolute atomic E-state index is 0.0271. The van der Waals surface area contributed by atoms with Gasteiger partial charge in [0.25, 0.3) is 5.91 Å². The monoisotopic (exact) mass is 468 g/mol. The molecule has 1 amide bonds. The summed E-state index contributed by atoms with van der Waals surface area (Å²) in [7, 11) is -3.77. The van der Waals surface area contributed by atoms with Gasteiger partial charge in [-0.05, 0) is 43.2 Å². The Balaban J connectivity index is 1.51. The minimum Gasteiger partial charge on any atom is -0.455 e. The molecule has 0 saturated carbocycles. The van der Waals surface area contributed by atoms with Gasteiger partial charge < -0.3 is 10.1 Å². The van der Waals surface area contributed by atoms with Crippen molar-refractivity contribution in [2.45, 2.75) is 24.3 Å². The zero-order valence-electron chi connectivity index (χ0n) is 16.6. The first-order valence-electron chi connectivity index (χ1n) is 9.70. The van der Waals surface area contributed by atoms with E-state index >= 15 is 0 Å². The Bertz CT molecular complexity index is 1050. The number of ether oxygens (including phenoxy) is 1. The highest BCUT2D eigenvalue weighted by atomic mass is 35.5. The molecule has 1 atom stereocenters. The van der Waals surface area contributed by atoms with Crippen molar-refractivity contribution in [2.24, 2.45) is 5.92 Å². The van der Waals surface area contributed by atoms with E-state index < -0.39 is 40.2 Å². The van der Waals surface area contributed by atoms with Gasteiger partial charge in [0.15, 0.2) is 6.61 Å². The molecule has 1 N–H and O–H groups in total. The fraction of sp³-hybridized carbons (Fsp3) is 0.333. The van der Waals surface area contributed by atoms with E-state index in [-0.39, 0.29) is 24.5 Å². The molecule has 1 unspecified atom stereocenters. The lowest BCUT2D eigenvalue weighted by Gasteiger charge is -2.30. The first-order valence-corrected chi connectivity index (χ1v) is 11.5. The topological polar surface area (TPSA) is 92.8 Å². The molecule has 166 valence electrons. The molecule has 2 aromatic carbocycles. The number of amides is 1. The van der Waals surface area contributed by atoms with Gasteiger partial charge in [-0.25, -0.2) is 12.8 Å². The van der Waals surface area contributed by atoms with Crippen LogP contribution in [0, 0.1) is 11.7 Å². The highest BCUT2D eigenvalue weighted by Gasteiger charge is 2.34. The molecule has 1 heterocycles. The number of piperidine rings is 1. The number of esters is 1. The summed E-state index contributed by atoms with van der Waals surface area (Å²) in [6.45, 7) is -0.286. The van der Waals surface area contributed by atoms with E-state index in [9.17, 15) is 22.4 Å². The van der Waals surface area contributed by atoms with Gasteiger partial charge in [-0.15, -0.1) is 0 Å². The quantitative estimate of drug-likeness (QED) is 0.631. The smallest absolute Gasteiger partial charge is 0.310 e. The summed E-state index contributed by atoms with van der Waals surface area (Å²) >= 11 is 5.82. The minimum atomic E-state index is -3.77. The van der Waals surface area contributed by atoms with Crippen LogP contribution in [-0.2, 0) is 30.9 Å². The molecule has 0 aliphatic carbocycles. The van der Waals surface area contributed by atoms with Gasteiger partial charge in [0.2, 0.25) is 10.0 Å². The normalized spacial score (nSPS) is 17.2. The predicted molar refractivity (Wildman–Crippen MR) is 112 cm³/mol. The van der Waals surface area contributed by atoms with Crippen LogP contribution >= 0.6 is 11.6 Å². The number of carbonyl (C=O) groups is 2. The molecule has 1 fully saturated rings. The van der Waals surface area contributed by atoms with E-state index in [1.54, 1.807) is 18.2 Å². The second-order valence-corrected chi connectivity index (χ2v) is 9.51. The highest BCUT2D eigenvalue weighted by Crippen LogP contribution is 2.25. The molecule has 10 heteroatoms. The van der Waals surface area contributed by atoms with Crippen molar-refractivity contribution in [2.75, 3.05) is 19.7 Å². The number of hydrogen-bond donors (Lipinski definition) is 1. The largest absolute Gasteiger partial charge is 0.455 e. The molecule has 3 rings (SSSR count). The highest BCUT2D eigenvalue weighted by molar-refractivity contribution is 7.89. The third kappa shape index (κ3) is 6.03. The maximum Gasteiger partial charge on any atom is 0.310 e. The fourth-order valence-corrected chi connectivity index (χ4v) is 4.90. The van der Waals surface area contributed by atoms with Crippen molar-refractivity contribution in [3.8, 4) is 0 Å². The summed E-state index contributed by atoms with van der Waals surface area (Å²) < 4.78 is 45.5. The average molecular weight is 469 g/mol. The number of nitrogens with zero attached hydrogens (tertiary/aromatic N) is 1. The Morgan fingerprint density at radius 3 is 2.58 bits per heavy atom. The second kappa shape index (κ2) is 10.2. The number of rotatable bonds is 7. The molecule has 2 aromatic rings. The summed E-state index contributed by atoms with van der Waals surface area (Å²) in [5.41, 5.74) is 0.317. The van der Waals surface area contributed by atoms with E-state index in [1.165, 1.54) is 34.6 Å². The van der Waals surface area contributed by atoms with Crippen molar-refractivity contribution >= 4 is 33.5 Å². The standard InChI is InChI=1S/C21H22ClFN2O5S/c22-17-7-9-18(10-8-17)31(28,29)25-11-3-5-16(13-25)21(27)30-14-20(26)24-12-15-4-1-2-6-19(15)23/h1-2,4,6-10,16H,3,5,11-14H2,(H,24,26). The Labute approximate surface area is 185 Å². The van der Waals surface area contributed by atoms with Crippen molar-refractivity contribution < 1.29 is 27.1 Å². The summed E-state index contributed by atoms with van der Waals surface area (Å²) in [5.74, 6) is -2.32. The van der Waals surface area contributed by atoms with Gasteiger partial charge in [0.05, 0.1) is 10.8 Å². The predicted octanol–water partition coefficient (Wildman–Crippen LogP) is 2.74. The molecular formula is C21H22ClFN2O5S. The van der Waals surface area contributed by atoms with Crippen LogP contribution in [0.4, 0.5) is 4.39 Å². The maximum atomic E-state index is 13.6. The third-order valence-electron chi connectivity index (χ3n) is 4.95. The van der Waals surface area contributed by atoms with Crippen LogP contribution in [0.1, 0.15) is 18.4 Å². The van der Waals surface area contributed by atoms with Crippen LogP contribution in [0.2, 0.25) is 5.02 Å². The van der Waals surface area contributed by atoms with Crippen molar-refractivity contribution in [3.05, 3.63) is 64.9 Å². The first kappa shape index (κ1) is 23.2. The van der Waals surface area contributed by atoms with Crippen molar-refractivity contribution in [1.29, 1.82) is 0 Å². The van der Waals surface area contributed by atoms with Gasteiger partial charge in [0, 0.05) is 30.2 Å². The van der Waals surface area contributed by atoms with Gasteiger partial charge in [0.1, 0.15) is 5.82 Å². The SMILES string of the molecule is O=C(COC(=O)C1CCCN(S(=O)(=O)c2ccc(Cl)cc2)C1)NCc1ccccc1F. The average Bonchev–Trinajstić information content (AvgIpc) is 2.77. The van der Waals surface area contributed by atoms with Crippen LogP contribution in [0.15, 0.2) is 53.4 Å². The zero-order valence-corrected chi connectivity index (χ0v) is 18.2. The summed E-state index contributed by atoms with van der Waals surface area (Å²) in [6.07, 6.45) is 0.953. The van der Waals surface area contributed by atoms with Crippen LogP contribution < -0.4 is 5.32 Å². The van der Waals surface area contributed by atoms with Crippen LogP contribution in [0.5, 0.6) is 0 Å². The first-order chi connectivity index (χ1) is 14.8. The Hall–Kier alpha value is -2.49. The fourth-order valence-electron chi connectivity index (χ4n) is 3.25. The van der Waals surface area contributed by atoms with E-state index in [0.29, 0.717) is 23.4 Å². The number of carbonyl (C=O) groups excluding carboxylic acids is 2. The van der Waals surface area contributed by atoms with Gasteiger partial charge in [-0.2, -0.15) is 4.31 Å². The zero-order chi connectivity index (χ0) is 22.4. The van der Waals surface area contributed by atoms with Crippen molar-refractivity contribution in [1.82, 2.24) is 9.62 Å². The maximum absolute atomic E-state index is 13.6. The molecule has 1 aliphatic rings. The molecule has 0 spiro atoms. The van der Waals surface area contributed by atoms with Crippen molar-refractivity contribution in [3.63, 3.8) is 0 Å². The van der Waals surface area contributed by atoms with E-state index in [0.717, 1.165) is 0 Å². The molecule has 0 radical (unpaired) electrons. The van der Waals surface area contributed by atoms with E-state index in [2.05, 4.69) is 5.32 Å². The lowest BCUT2D eigenvalue weighted by molar-refractivity contribution is -0.153. The van der Waals surface area contributed by atoms with Gasteiger partial charge in [-0.1, -0.05) is 29.8 Å². The number of nitrogens with one attached hydrogen (secondary N) is 1. The molecule has 0 bridgehead atoms. The molecule has 1 aliphatic heterocycles. The molecule has 1 saturated heterocycles. The number of hydrogen-bond acceptors (Lipinski definition) is 5. The third-order valence-corrected chi connectivity index (χ3v) is 7.08. The molecule has 0 aromatic heterocycles. The Morgan fingerprint density at radius 2 is 1.87 bits per heavy atom. The van der Waals surface area contributed by atoms with Crippen LogP contribution in [-0.4, -0.2) is 44.3 Å². The molecule has 7 nitrogen and oxygen atoms in total. The van der Waals surface area contributed by atoms with Crippen LogP contribution in [0.3, 0.4) is 0 Å². The summed E-state index contributed by atoms with van der Waals surface area (Å²) in [5, 5.41) is 2.91. The lowest BCUT2D eigenvalue weighted by atomic mass is 10.00. The van der Waals surface area contributed by atoms with Crippen LogP contribution in [0.25, 0.3) is 0 Å². The Morgan fingerprint density at radius 1 is 1.16 bits per heavy atom. The van der Waals surface area contributed by atoms with Gasteiger partial charge >= 0.3 is 5.97 Å². The number of benzene rings is 2. The van der Waals surface area contributed by atoms with E-state index in [1.807, 2.05) is 0 Å². The summed E-state index contributed by atoms with van der Waals surface area (Å²) in [4.78, 5) is 24.4. The Kier molecular flexibility index (Phi) is 7.64. The van der Waals surface area contributed by atoms with E-state index in [4.69, 9.17) is 16.3 Å². The van der Waals surface area contributed by atoms with Gasteiger partial charge in [-0.3, -0.25) is 9.59 Å². The summed E-state index contributed by atoms with van der Waals surface area (Å²) in [6, 6.07) is 11.8.